The molecule has 0 saturated heterocycles. The lowest BCUT2D eigenvalue weighted by Crippen LogP contribution is -2.38. The number of carbonyl (C=O) groups excluding carboxylic acids is 1. The van der Waals surface area contributed by atoms with Crippen LogP contribution < -0.4 is 11.1 Å². The zero-order valence-electron chi connectivity index (χ0n) is 17.6. The fourth-order valence-electron chi connectivity index (χ4n) is 3.13. The molecule has 0 aliphatic rings. The molecular formula is C22H21F2N5O3S. The van der Waals surface area contributed by atoms with E-state index in [9.17, 15) is 27.3 Å². The minimum atomic E-state index is -3.97. The van der Waals surface area contributed by atoms with E-state index in [-0.39, 0.29) is 22.8 Å². The number of rotatable bonds is 8. The number of aryl methyl sites for hydroxylation is 1. The monoisotopic (exact) mass is 473 g/mol. The molecule has 1 unspecified atom stereocenters. The molecule has 172 valence electrons. The summed E-state index contributed by atoms with van der Waals surface area (Å²) in [6.07, 6.45) is 0.657. The Labute approximate surface area is 189 Å². The summed E-state index contributed by atoms with van der Waals surface area (Å²) in [5.41, 5.74) is 7.09. The summed E-state index contributed by atoms with van der Waals surface area (Å²) in [5, 5.41) is 14.9. The summed E-state index contributed by atoms with van der Waals surface area (Å²) in [5.74, 6) is -1.58. The maximum atomic E-state index is 13.2. The number of halogens is 2. The van der Waals surface area contributed by atoms with Gasteiger partial charge in [-0.2, -0.15) is 10.4 Å². The molecule has 1 heterocycles. The van der Waals surface area contributed by atoms with Gasteiger partial charge in [0.15, 0.2) is 9.84 Å². The normalized spacial score (nSPS) is 12.2. The van der Waals surface area contributed by atoms with Gasteiger partial charge in [-0.25, -0.2) is 21.9 Å². The predicted molar refractivity (Wildman–Crippen MR) is 117 cm³/mol. The third-order valence-corrected chi connectivity index (χ3v) is 7.12. The molecule has 8 nitrogen and oxygen atoms in total. The Balaban J connectivity index is 1.62. The number of nitriles is 1. The largest absolute Gasteiger partial charge is 0.382 e. The number of benzene rings is 2. The second kappa shape index (κ2) is 9.79. The van der Waals surface area contributed by atoms with Crippen molar-refractivity contribution in [3.05, 3.63) is 71.4 Å². The van der Waals surface area contributed by atoms with Gasteiger partial charge >= 0.3 is 0 Å². The molecule has 1 amide bonds. The van der Waals surface area contributed by atoms with Crippen LogP contribution in [0.2, 0.25) is 0 Å². The van der Waals surface area contributed by atoms with Crippen molar-refractivity contribution in [2.24, 2.45) is 0 Å². The third kappa shape index (κ3) is 5.18. The molecule has 0 fully saturated rings. The highest BCUT2D eigenvalue weighted by Gasteiger charge is 2.29. The Morgan fingerprint density at radius 1 is 1.15 bits per heavy atom. The van der Waals surface area contributed by atoms with Crippen LogP contribution in [0.4, 0.5) is 14.6 Å². The summed E-state index contributed by atoms with van der Waals surface area (Å²) < 4.78 is 52.7. The van der Waals surface area contributed by atoms with Gasteiger partial charge in [0.05, 0.1) is 16.3 Å². The number of amides is 1. The lowest BCUT2D eigenvalue weighted by molar-refractivity contribution is -0.120. The summed E-state index contributed by atoms with van der Waals surface area (Å²) in [6.45, 7) is 1.39. The molecule has 0 radical (unpaired) electrons. The average molecular weight is 474 g/mol. The number of carbonyl (C=O) groups is 1. The molecule has 0 saturated carbocycles. The predicted octanol–water partition coefficient (Wildman–Crippen LogP) is 2.52. The van der Waals surface area contributed by atoms with E-state index in [1.54, 1.807) is 0 Å². The first-order valence-electron chi connectivity index (χ1n) is 9.95. The van der Waals surface area contributed by atoms with Gasteiger partial charge in [0.25, 0.3) is 0 Å². The highest BCUT2D eigenvalue weighted by atomic mass is 32.2. The number of hydrogen-bond donors (Lipinski definition) is 2. The van der Waals surface area contributed by atoms with Crippen LogP contribution in [0, 0.1) is 23.0 Å². The third-order valence-electron chi connectivity index (χ3n) is 5.04. The van der Waals surface area contributed by atoms with Gasteiger partial charge in [-0.05, 0) is 68.3 Å². The van der Waals surface area contributed by atoms with Crippen LogP contribution in [-0.4, -0.2) is 35.9 Å². The van der Waals surface area contributed by atoms with Crippen LogP contribution in [-0.2, 0) is 21.1 Å². The number of nitrogens with zero attached hydrogens (tertiary/aromatic N) is 3. The van der Waals surface area contributed by atoms with Crippen molar-refractivity contribution in [3.8, 4) is 11.8 Å². The molecule has 0 aliphatic heterocycles. The first-order valence-corrected chi connectivity index (χ1v) is 11.5. The molecule has 0 bridgehead atoms. The van der Waals surface area contributed by atoms with E-state index in [0.717, 1.165) is 24.3 Å². The molecule has 3 rings (SSSR count). The van der Waals surface area contributed by atoms with Gasteiger partial charge in [0.1, 0.15) is 34.3 Å². The summed E-state index contributed by atoms with van der Waals surface area (Å²) in [6, 6.07) is 11.7. The molecule has 1 atom stereocenters. The van der Waals surface area contributed by atoms with Crippen molar-refractivity contribution < 1.29 is 22.0 Å². The lowest BCUT2D eigenvalue weighted by Gasteiger charge is -2.13. The lowest BCUT2D eigenvalue weighted by atomic mass is 10.1. The minimum absolute atomic E-state index is 0.113. The second-order valence-corrected chi connectivity index (χ2v) is 9.51. The van der Waals surface area contributed by atoms with Crippen molar-refractivity contribution in [2.75, 3.05) is 12.3 Å². The fourth-order valence-corrected chi connectivity index (χ4v) is 4.42. The van der Waals surface area contributed by atoms with Crippen molar-refractivity contribution in [2.45, 2.75) is 29.9 Å². The number of sulfone groups is 1. The zero-order valence-corrected chi connectivity index (χ0v) is 18.4. The molecule has 0 spiro atoms. The fraction of sp³-hybridized carbons (Fsp3) is 0.227. The molecule has 3 N–H and O–H groups in total. The van der Waals surface area contributed by atoms with Gasteiger partial charge in [0.2, 0.25) is 5.91 Å². The molecule has 1 aromatic heterocycles. The Bertz CT molecular complexity index is 1300. The number of nitrogens with two attached hydrogens (primary N) is 1. The van der Waals surface area contributed by atoms with Crippen LogP contribution in [0.25, 0.3) is 5.69 Å². The number of anilines is 1. The SMILES string of the molecule is CC(C(=O)NCCCc1nn(-c2ccc(F)cc2)c(N)c1C#N)S(=O)(=O)c1ccc(F)cc1. The number of nitrogen functional groups attached to an aromatic ring is 1. The van der Waals surface area contributed by atoms with E-state index in [0.29, 0.717) is 24.2 Å². The standard InChI is InChI=1S/C22H21F2N5O3S/c1-14(33(31,32)18-10-6-16(24)7-11-18)22(30)27-12-2-3-20-19(13-25)21(26)29(28-20)17-8-4-15(23)5-9-17/h4-11,14H,2-3,12,26H2,1H3,(H,27,30). The van der Waals surface area contributed by atoms with Crippen LogP contribution in [0.5, 0.6) is 0 Å². The van der Waals surface area contributed by atoms with Crippen molar-refractivity contribution in [1.29, 1.82) is 5.26 Å². The molecule has 2 aromatic carbocycles. The number of hydrogen-bond acceptors (Lipinski definition) is 6. The van der Waals surface area contributed by atoms with E-state index in [1.807, 2.05) is 6.07 Å². The van der Waals surface area contributed by atoms with Crippen molar-refractivity contribution >= 4 is 21.6 Å². The van der Waals surface area contributed by atoms with Gasteiger partial charge in [-0.15, -0.1) is 0 Å². The van der Waals surface area contributed by atoms with E-state index >= 15 is 0 Å². The molecule has 3 aromatic rings. The number of nitrogens with one attached hydrogen (secondary N) is 1. The van der Waals surface area contributed by atoms with Crippen LogP contribution in [0.3, 0.4) is 0 Å². The van der Waals surface area contributed by atoms with E-state index in [1.165, 1.54) is 35.9 Å². The summed E-state index contributed by atoms with van der Waals surface area (Å²) in [4.78, 5) is 12.2. The summed E-state index contributed by atoms with van der Waals surface area (Å²) >= 11 is 0. The summed E-state index contributed by atoms with van der Waals surface area (Å²) in [7, 11) is -3.97. The maximum Gasteiger partial charge on any atom is 0.238 e. The topological polar surface area (TPSA) is 131 Å². The highest BCUT2D eigenvalue weighted by Crippen LogP contribution is 2.22. The first-order chi connectivity index (χ1) is 15.6. The van der Waals surface area contributed by atoms with E-state index in [4.69, 9.17) is 5.73 Å². The Morgan fingerprint density at radius 2 is 1.73 bits per heavy atom. The van der Waals surface area contributed by atoms with Gasteiger partial charge in [-0.3, -0.25) is 4.79 Å². The quantitative estimate of drug-likeness (QED) is 0.382. The van der Waals surface area contributed by atoms with Gasteiger partial charge in [-0.1, -0.05) is 0 Å². The smallest absolute Gasteiger partial charge is 0.238 e. The zero-order chi connectivity index (χ0) is 24.2. The Hall–Kier alpha value is -3.78. The van der Waals surface area contributed by atoms with E-state index < -0.39 is 32.6 Å². The molecular weight excluding hydrogens is 452 g/mol. The maximum absolute atomic E-state index is 13.2. The van der Waals surface area contributed by atoms with Gasteiger partial charge < -0.3 is 11.1 Å². The van der Waals surface area contributed by atoms with Gasteiger partial charge in [0, 0.05) is 6.54 Å². The molecule has 11 heteroatoms. The molecule has 0 aliphatic carbocycles. The molecule has 33 heavy (non-hydrogen) atoms. The van der Waals surface area contributed by atoms with Crippen LogP contribution in [0.1, 0.15) is 24.6 Å². The highest BCUT2D eigenvalue weighted by molar-refractivity contribution is 7.92. The van der Waals surface area contributed by atoms with Crippen molar-refractivity contribution in [1.82, 2.24) is 15.1 Å². The minimum Gasteiger partial charge on any atom is -0.382 e. The second-order valence-electron chi connectivity index (χ2n) is 7.24. The van der Waals surface area contributed by atoms with Crippen LogP contribution >= 0.6 is 0 Å². The van der Waals surface area contributed by atoms with Crippen molar-refractivity contribution in [3.63, 3.8) is 0 Å². The Kier molecular flexibility index (Phi) is 7.08. The Morgan fingerprint density at radius 3 is 2.30 bits per heavy atom. The number of aromatic nitrogens is 2. The first kappa shape index (κ1) is 23.9. The average Bonchev–Trinajstić information content (AvgIpc) is 3.11. The van der Waals surface area contributed by atoms with Crippen LogP contribution in [0.15, 0.2) is 53.4 Å². The van der Waals surface area contributed by atoms with E-state index in [2.05, 4.69) is 10.4 Å².